The molecule has 0 unspecified atom stereocenters. The number of rotatable bonds is 6. The third kappa shape index (κ3) is 9.06. The van der Waals surface area contributed by atoms with Gasteiger partial charge in [-0.3, -0.25) is 9.59 Å². The second kappa shape index (κ2) is 19.3. The van der Waals surface area contributed by atoms with E-state index < -0.39 is 49.7 Å². The SMILES string of the molecule is ClC(Cl)(c1ccccc1)c1ccccc1.O=c1c(O)c(-c2ccc(O)c(O)c2)oc2cc(O)cc(O)c12.O=c1c(O)c(-c2ccc3c(c2)OC(c2ccccc2)(c2ccccc2)O3)oc2cc(O)cc(O)c12. The molecule has 14 nitrogen and oxygen atoms in total. The average Bonchev–Trinajstić information content (AvgIpc) is 3.78. The van der Waals surface area contributed by atoms with E-state index in [4.69, 9.17) is 41.5 Å². The molecule has 3 heterocycles. The van der Waals surface area contributed by atoms with Gasteiger partial charge in [0.2, 0.25) is 22.4 Å². The van der Waals surface area contributed by atoms with Crippen LogP contribution >= 0.6 is 23.2 Å². The highest BCUT2D eigenvalue weighted by Gasteiger charge is 2.45. The summed E-state index contributed by atoms with van der Waals surface area (Å²) < 4.78 is 22.9. The van der Waals surface area contributed by atoms with Crippen molar-refractivity contribution in [3.8, 4) is 80.1 Å². The fourth-order valence-corrected chi connectivity index (χ4v) is 8.43. The molecular formula is C56H38Cl2O14. The Morgan fingerprint density at radius 1 is 0.403 bits per heavy atom. The normalized spacial score (nSPS) is 12.4. The molecule has 72 heavy (non-hydrogen) atoms. The van der Waals surface area contributed by atoms with E-state index in [0.717, 1.165) is 52.6 Å². The van der Waals surface area contributed by atoms with Crippen molar-refractivity contribution in [2.24, 2.45) is 0 Å². The molecule has 0 aliphatic carbocycles. The van der Waals surface area contributed by atoms with Crippen LogP contribution in [0.1, 0.15) is 22.3 Å². The Morgan fingerprint density at radius 2 is 0.806 bits per heavy atom. The first-order chi connectivity index (χ1) is 34.5. The monoisotopic (exact) mass is 1000 g/mol. The summed E-state index contributed by atoms with van der Waals surface area (Å²) in [6, 6.07) is 51.1. The van der Waals surface area contributed by atoms with E-state index in [1.807, 2.05) is 121 Å². The molecule has 10 aromatic rings. The van der Waals surface area contributed by atoms with E-state index in [9.17, 15) is 50.4 Å². The summed E-state index contributed by atoms with van der Waals surface area (Å²) in [6.45, 7) is 0. The summed E-state index contributed by atoms with van der Waals surface area (Å²) >= 11 is 12.7. The first-order valence-electron chi connectivity index (χ1n) is 21.6. The average molecular weight is 1010 g/mol. The van der Waals surface area contributed by atoms with Crippen LogP contribution in [-0.2, 0) is 10.1 Å². The maximum absolute atomic E-state index is 12.8. The lowest BCUT2D eigenvalue weighted by Crippen LogP contribution is -2.36. The number of ether oxygens (including phenoxy) is 2. The third-order valence-electron chi connectivity index (χ3n) is 11.4. The Balaban J connectivity index is 0.000000147. The van der Waals surface area contributed by atoms with Gasteiger partial charge in [0.05, 0.1) is 0 Å². The predicted molar refractivity (Wildman–Crippen MR) is 269 cm³/mol. The Labute approximate surface area is 417 Å². The summed E-state index contributed by atoms with van der Waals surface area (Å²) in [5, 5.41) is 77.9. The summed E-state index contributed by atoms with van der Waals surface area (Å²) in [7, 11) is 0. The van der Waals surface area contributed by atoms with E-state index in [1.165, 1.54) is 12.1 Å². The van der Waals surface area contributed by atoms with Gasteiger partial charge in [0.15, 0.2) is 38.9 Å². The van der Waals surface area contributed by atoms with E-state index in [1.54, 1.807) is 18.2 Å². The number of hydrogen-bond acceptors (Lipinski definition) is 14. The number of alkyl halides is 2. The van der Waals surface area contributed by atoms with Crippen LogP contribution in [0.2, 0.25) is 0 Å². The molecule has 1 aliphatic rings. The van der Waals surface area contributed by atoms with E-state index in [0.29, 0.717) is 17.1 Å². The number of benzene rings is 8. The summed E-state index contributed by atoms with van der Waals surface area (Å²) in [5.74, 6) is -4.66. The van der Waals surface area contributed by atoms with Gasteiger partial charge in [0.1, 0.15) is 44.9 Å². The zero-order chi connectivity index (χ0) is 50.9. The van der Waals surface area contributed by atoms with Crippen molar-refractivity contribution >= 4 is 45.1 Å². The quantitative estimate of drug-likeness (QED) is 0.0571. The minimum atomic E-state index is -1.23. The molecule has 0 amide bonds. The molecule has 8 aromatic carbocycles. The van der Waals surface area contributed by atoms with Crippen molar-refractivity contribution in [1.29, 1.82) is 0 Å². The van der Waals surface area contributed by atoms with Gasteiger partial charge in [-0.05, 0) is 47.5 Å². The fourth-order valence-electron chi connectivity index (χ4n) is 7.93. The van der Waals surface area contributed by atoms with Gasteiger partial charge in [-0.1, -0.05) is 145 Å². The maximum atomic E-state index is 12.8. The molecule has 0 radical (unpaired) electrons. The van der Waals surface area contributed by atoms with Crippen molar-refractivity contribution in [3.63, 3.8) is 0 Å². The lowest BCUT2D eigenvalue weighted by atomic mass is 9.97. The number of aromatic hydroxyl groups is 8. The van der Waals surface area contributed by atoms with Crippen LogP contribution in [0, 0.1) is 0 Å². The molecule has 1 aliphatic heterocycles. The molecule has 0 spiro atoms. The second-order valence-corrected chi connectivity index (χ2v) is 17.4. The highest BCUT2D eigenvalue weighted by atomic mass is 35.5. The smallest absolute Gasteiger partial charge is 0.305 e. The van der Waals surface area contributed by atoms with Gasteiger partial charge in [-0.15, -0.1) is 0 Å². The Morgan fingerprint density at radius 3 is 1.25 bits per heavy atom. The van der Waals surface area contributed by atoms with Crippen LogP contribution in [0.15, 0.2) is 200 Å². The molecule has 0 saturated heterocycles. The number of halogens is 2. The molecule has 0 saturated carbocycles. The summed E-state index contributed by atoms with van der Waals surface area (Å²) in [4.78, 5) is 24.9. The lowest BCUT2D eigenvalue weighted by Gasteiger charge is -2.28. The van der Waals surface area contributed by atoms with Gasteiger partial charge in [0, 0.05) is 46.5 Å². The van der Waals surface area contributed by atoms with Crippen LogP contribution in [0.5, 0.6) is 57.5 Å². The Kier molecular flexibility index (Phi) is 12.8. The van der Waals surface area contributed by atoms with Crippen molar-refractivity contribution in [3.05, 3.63) is 225 Å². The van der Waals surface area contributed by atoms with Crippen LogP contribution in [-0.4, -0.2) is 40.9 Å². The van der Waals surface area contributed by atoms with Gasteiger partial charge in [-0.25, -0.2) is 0 Å². The Bertz CT molecular complexity index is 3670. The first kappa shape index (κ1) is 47.8. The molecule has 2 aromatic heterocycles. The molecule has 8 N–H and O–H groups in total. The van der Waals surface area contributed by atoms with E-state index in [2.05, 4.69) is 0 Å². The maximum Gasteiger partial charge on any atom is 0.305 e. The minimum Gasteiger partial charge on any atom is -0.508 e. The van der Waals surface area contributed by atoms with Crippen molar-refractivity contribution < 1.29 is 59.2 Å². The second-order valence-electron chi connectivity index (χ2n) is 16.1. The van der Waals surface area contributed by atoms with Gasteiger partial charge < -0.3 is 59.2 Å². The number of phenols is 6. The van der Waals surface area contributed by atoms with Crippen molar-refractivity contribution in [2.45, 2.75) is 10.1 Å². The minimum absolute atomic E-state index is 0.0686. The largest absolute Gasteiger partial charge is 0.508 e. The topological polar surface area (TPSA) is 241 Å². The third-order valence-corrected chi connectivity index (χ3v) is 12.3. The van der Waals surface area contributed by atoms with Crippen LogP contribution < -0.4 is 20.3 Å². The van der Waals surface area contributed by atoms with Crippen molar-refractivity contribution in [1.82, 2.24) is 0 Å². The molecule has 16 heteroatoms. The van der Waals surface area contributed by atoms with E-state index >= 15 is 0 Å². The number of phenolic OH excluding ortho intramolecular Hbond substituents is 6. The molecule has 0 bridgehead atoms. The van der Waals surface area contributed by atoms with Crippen LogP contribution in [0.25, 0.3) is 44.6 Å². The molecular weight excluding hydrogens is 968 g/mol. The van der Waals surface area contributed by atoms with Gasteiger partial charge in [-0.2, -0.15) is 0 Å². The summed E-state index contributed by atoms with van der Waals surface area (Å²) in [5.41, 5.74) is 1.92. The highest BCUT2D eigenvalue weighted by molar-refractivity contribution is 6.50. The van der Waals surface area contributed by atoms with Gasteiger partial charge >= 0.3 is 5.79 Å². The molecule has 11 rings (SSSR count). The fraction of sp³-hybridized carbons (Fsp3) is 0.0357. The first-order valence-corrected chi connectivity index (χ1v) is 22.4. The van der Waals surface area contributed by atoms with Crippen LogP contribution in [0.3, 0.4) is 0 Å². The highest BCUT2D eigenvalue weighted by Crippen LogP contribution is 2.50. The van der Waals surface area contributed by atoms with Crippen LogP contribution in [0.4, 0.5) is 0 Å². The standard InChI is InChI=1S/C28H18O7.C15H10O7.C13H10Cl2/c29-19-14-20(30)24-23(15-19)33-27(26(32)25(24)31)16-11-12-21-22(13-16)35-28(34-21,17-7-3-1-4-8-17)18-9-5-2-6-10-18;16-7-4-10(19)12-11(5-7)22-15(14(21)13(12)20)6-1-2-8(17)9(18)3-6;14-13(15,11-7-3-1-4-8-11)12-9-5-2-6-10-12/h1-15,29-30,32H;1-5,16-19,21H;1-10H. The predicted octanol–water partition coefficient (Wildman–Crippen LogP) is 11.6. The zero-order valence-corrected chi connectivity index (χ0v) is 38.6. The zero-order valence-electron chi connectivity index (χ0n) is 37.1. The number of hydrogen-bond donors (Lipinski definition) is 8. The Hall–Kier alpha value is -9.24. The molecule has 0 fully saturated rings. The summed E-state index contributed by atoms with van der Waals surface area (Å²) in [6.07, 6.45) is 0. The number of fused-ring (bicyclic) bond motifs is 3. The molecule has 360 valence electrons. The van der Waals surface area contributed by atoms with Crippen molar-refractivity contribution in [2.75, 3.05) is 0 Å². The van der Waals surface area contributed by atoms with E-state index in [-0.39, 0.29) is 56.3 Å². The molecule has 0 atom stereocenters. The van der Waals surface area contributed by atoms with Gasteiger partial charge in [0.25, 0.3) is 0 Å². The lowest BCUT2D eigenvalue weighted by molar-refractivity contribution is -0.0459.